The minimum Gasteiger partial charge on any atom is -0.334 e. The summed E-state index contributed by atoms with van der Waals surface area (Å²) in [6.07, 6.45) is 8.51. The van der Waals surface area contributed by atoms with E-state index >= 15 is 0 Å². The standard InChI is InChI=1S/C18H26N2O3S/c1-24(22,23)16-10-8-14(9-11-16)13-19-18(21)20-12-4-7-17(20)15-5-2-3-6-15/h8-11,15,17H,2-7,12-13H2,1H3,(H,19,21)/t17-/m1/s1. The van der Waals surface area contributed by atoms with Crippen molar-refractivity contribution in [2.75, 3.05) is 12.8 Å². The molecule has 2 aliphatic rings. The van der Waals surface area contributed by atoms with Crippen LogP contribution in [0.5, 0.6) is 0 Å². The van der Waals surface area contributed by atoms with Crippen LogP contribution < -0.4 is 5.32 Å². The Hall–Kier alpha value is -1.56. The normalized spacial score (nSPS) is 22.0. The Labute approximate surface area is 144 Å². The Morgan fingerprint density at radius 1 is 1.12 bits per heavy atom. The molecule has 2 amide bonds. The molecule has 1 saturated heterocycles. The van der Waals surface area contributed by atoms with Crippen molar-refractivity contribution in [3.8, 4) is 0 Å². The summed E-state index contributed by atoms with van der Waals surface area (Å²) >= 11 is 0. The fraction of sp³-hybridized carbons (Fsp3) is 0.611. The van der Waals surface area contributed by atoms with Gasteiger partial charge < -0.3 is 10.2 Å². The SMILES string of the molecule is CS(=O)(=O)c1ccc(CNC(=O)N2CCC[C@@H]2C2CCCC2)cc1. The van der Waals surface area contributed by atoms with E-state index in [-0.39, 0.29) is 6.03 Å². The van der Waals surface area contributed by atoms with E-state index in [1.54, 1.807) is 24.3 Å². The van der Waals surface area contributed by atoms with E-state index in [1.165, 1.54) is 31.9 Å². The van der Waals surface area contributed by atoms with Crippen molar-refractivity contribution in [1.29, 1.82) is 0 Å². The number of sulfone groups is 1. The molecule has 3 rings (SSSR count). The van der Waals surface area contributed by atoms with Crippen LogP contribution in [0.3, 0.4) is 0 Å². The van der Waals surface area contributed by atoms with Gasteiger partial charge in [0.1, 0.15) is 0 Å². The number of carbonyl (C=O) groups excluding carboxylic acids is 1. The zero-order valence-corrected chi connectivity index (χ0v) is 15.0. The largest absolute Gasteiger partial charge is 0.334 e. The van der Waals surface area contributed by atoms with Gasteiger partial charge in [0.15, 0.2) is 9.84 Å². The second-order valence-electron chi connectivity index (χ2n) is 7.02. The van der Waals surface area contributed by atoms with Crippen LogP contribution >= 0.6 is 0 Å². The molecule has 5 nitrogen and oxygen atoms in total. The zero-order chi connectivity index (χ0) is 17.2. The Bertz CT molecular complexity index is 679. The van der Waals surface area contributed by atoms with Gasteiger partial charge >= 0.3 is 6.03 Å². The number of hydrogen-bond donors (Lipinski definition) is 1. The van der Waals surface area contributed by atoms with E-state index in [9.17, 15) is 13.2 Å². The molecule has 1 aliphatic heterocycles. The molecule has 1 heterocycles. The van der Waals surface area contributed by atoms with Gasteiger partial charge in [0, 0.05) is 25.4 Å². The molecule has 2 fully saturated rings. The monoisotopic (exact) mass is 350 g/mol. The van der Waals surface area contributed by atoms with Crippen LogP contribution in [0.4, 0.5) is 4.79 Å². The maximum Gasteiger partial charge on any atom is 0.317 e. The molecule has 0 spiro atoms. The third-order valence-electron chi connectivity index (χ3n) is 5.30. The predicted octanol–water partition coefficient (Wildman–Crippen LogP) is 2.95. The summed E-state index contributed by atoms with van der Waals surface area (Å²) in [5, 5.41) is 2.99. The number of carbonyl (C=O) groups is 1. The minimum atomic E-state index is -3.18. The molecule has 0 radical (unpaired) electrons. The fourth-order valence-electron chi connectivity index (χ4n) is 4.01. The highest BCUT2D eigenvalue weighted by Gasteiger charge is 2.35. The molecule has 1 N–H and O–H groups in total. The van der Waals surface area contributed by atoms with Crippen molar-refractivity contribution in [2.45, 2.75) is 56.0 Å². The van der Waals surface area contributed by atoms with Crippen molar-refractivity contribution >= 4 is 15.9 Å². The third kappa shape index (κ3) is 3.91. The van der Waals surface area contributed by atoms with E-state index in [1.807, 2.05) is 4.90 Å². The topological polar surface area (TPSA) is 66.5 Å². The lowest BCUT2D eigenvalue weighted by Crippen LogP contribution is -2.45. The number of rotatable bonds is 4. The van der Waals surface area contributed by atoms with Crippen LogP contribution in [0, 0.1) is 5.92 Å². The maximum absolute atomic E-state index is 12.5. The average Bonchev–Trinajstić information content (AvgIpc) is 3.22. The van der Waals surface area contributed by atoms with Gasteiger partial charge in [-0.25, -0.2) is 13.2 Å². The van der Waals surface area contributed by atoms with Gasteiger partial charge in [0.05, 0.1) is 4.90 Å². The Morgan fingerprint density at radius 2 is 1.79 bits per heavy atom. The number of hydrogen-bond acceptors (Lipinski definition) is 3. The molecule has 1 atom stereocenters. The first-order valence-corrected chi connectivity index (χ1v) is 10.7. The molecular weight excluding hydrogens is 324 g/mol. The van der Waals surface area contributed by atoms with Crippen molar-refractivity contribution in [2.24, 2.45) is 5.92 Å². The number of benzene rings is 1. The van der Waals surface area contributed by atoms with Crippen LogP contribution in [0.25, 0.3) is 0 Å². The van der Waals surface area contributed by atoms with E-state index in [2.05, 4.69) is 5.32 Å². The number of amides is 2. The third-order valence-corrected chi connectivity index (χ3v) is 6.43. The maximum atomic E-state index is 12.5. The molecule has 1 aromatic carbocycles. The lowest BCUT2D eigenvalue weighted by Gasteiger charge is -2.29. The summed E-state index contributed by atoms with van der Waals surface area (Å²) < 4.78 is 22.9. The van der Waals surface area contributed by atoms with Crippen LogP contribution in [0.1, 0.15) is 44.1 Å². The van der Waals surface area contributed by atoms with E-state index in [4.69, 9.17) is 0 Å². The molecule has 1 aromatic rings. The summed E-state index contributed by atoms with van der Waals surface area (Å²) in [7, 11) is -3.18. The van der Waals surface area contributed by atoms with Crippen molar-refractivity contribution < 1.29 is 13.2 Å². The van der Waals surface area contributed by atoms with Gasteiger partial charge in [-0.2, -0.15) is 0 Å². The smallest absolute Gasteiger partial charge is 0.317 e. The van der Waals surface area contributed by atoms with E-state index in [0.717, 1.165) is 24.9 Å². The first kappa shape index (κ1) is 17.3. The van der Waals surface area contributed by atoms with Crippen molar-refractivity contribution in [1.82, 2.24) is 10.2 Å². The van der Waals surface area contributed by atoms with Gasteiger partial charge in [-0.05, 0) is 49.3 Å². The molecule has 0 aromatic heterocycles. The first-order chi connectivity index (χ1) is 11.4. The van der Waals surface area contributed by atoms with Gasteiger partial charge in [-0.1, -0.05) is 25.0 Å². The number of nitrogens with one attached hydrogen (secondary N) is 1. The van der Waals surface area contributed by atoms with Gasteiger partial charge in [0.25, 0.3) is 0 Å². The lowest BCUT2D eigenvalue weighted by molar-refractivity contribution is 0.172. The second kappa shape index (κ2) is 7.13. The number of urea groups is 1. The summed E-state index contributed by atoms with van der Waals surface area (Å²) in [6, 6.07) is 7.11. The Balaban J connectivity index is 1.57. The van der Waals surface area contributed by atoms with Crippen LogP contribution in [0.15, 0.2) is 29.2 Å². The summed E-state index contributed by atoms with van der Waals surface area (Å²) in [5.41, 5.74) is 0.910. The fourth-order valence-corrected chi connectivity index (χ4v) is 4.64. The summed E-state index contributed by atoms with van der Waals surface area (Å²) in [6.45, 7) is 1.27. The molecule has 0 unspecified atom stereocenters. The van der Waals surface area contributed by atoms with E-state index < -0.39 is 9.84 Å². The Morgan fingerprint density at radius 3 is 2.42 bits per heavy atom. The van der Waals surface area contributed by atoms with E-state index in [0.29, 0.717) is 23.4 Å². The summed E-state index contributed by atoms with van der Waals surface area (Å²) in [4.78, 5) is 14.8. The van der Waals surface area contributed by atoms with Crippen LogP contribution in [0.2, 0.25) is 0 Å². The number of nitrogens with zero attached hydrogens (tertiary/aromatic N) is 1. The van der Waals surface area contributed by atoms with Gasteiger partial charge in [0.2, 0.25) is 0 Å². The molecule has 1 saturated carbocycles. The quantitative estimate of drug-likeness (QED) is 0.908. The van der Waals surface area contributed by atoms with Gasteiger partial charge in [-0.15, -0.1) is 0 Å². The molecule has 6 heteroatoms. The minimum absolute atomic E-state index is 0.0107. The molecule has 132 valence electrons. The molecule has 0 bridgehead atoms. The highest BCUT2D eigenvalue weighted by atomic mass is 32.2. The van der Waals surface area contributed by atoms with Crippen molar-refractivity contribution in [3.63, 3.8) is 0 Å². The average molecular weight is 350 g/mol. The zero-order valence-electron chi connectivity index (χ0n) is 14.2. The number of likely N-dealkylation sites (tertiary alicyclic amines) is 1. The Kier molecular flexibility index (Phi) is 5.13. The van der Waals surface area contributed by atoms with Crippen LogP contribution in [-0.2, 0) is 16.4 Å². The molecular formula is C18H26N2O3S. The molecule has 24 heavy (non-hydrogen) atoms. The first-order valence-electron chi connectivity index (χ1n) is 8.78. The highest BCUT2D eigenvalue weighted by Crippen LogP contribution is 2.35. The predicted molar refractivity (Wildman–Crippen MR) is 93.5 cm³/mol. The molecule has 1 aliphatic carbocycles. The lowest BCUT2D eigenvalue weighted by atomic mass is 9.96. The summed E-state index contributed by atoms with van der Waals surface area (Å²) in [5.74, 6) is 0.673. The highest BCUT2D eigenvalue weighted by molar-refractivity contribution is 7.90. The second-order valence-corrected chi connectivity index (χ2v) is 9.04. The van der Waals surface area contributed by atoms with Crippen molar-refractivity contribution in [3.05, 3.63) is 29.8 Å². The van der Waals surface area contributed by atoms with Gasteiger partial charge in [-0.3, -0.25) is 0 Å². The van der Waals surface area contributed by atoms with Crippen LogP contribution in [-0.4, -0.2) is 38.2 Å².